The number of alkyl carbamates (subject to hydrolysis) is 1. The molecule has 0 radical (unpaired) electrons. The standard InChI is InChI=1S/C28H36N2O5/c1-5-30(16-19(4)27(32)33)26(31)20(14-18(2)3)15-29-28(34)35-17-25-23-12-8-6-10-21(23)22-11-7-9-13-24(22)25/h6-13,18-20,25H,5,14-17H2,1-4H3,(H,29,34)(H,32,33). The van der Waals surface area contributed by atoms with Gasteiger partial charge in [0.15, 0.2) is 0 Å². The first kappa shape index (κ1) is 26.3. The van der Waals surface area contributed by atoms with Crippen LogP contribution in [0.4, 0.5) is 4.79 Å². The van der Waals surface area contributed by atoms with Gasteiger partial charge in [-0.25, -0.2) is 4.79 Å². The molecule has 2 aromatic rings. The van der Waals surface area contributed by atoms with Gasteiger partial charge in [-0.1, -0.05) is 69.3 Å². The van der Waals surface area contributed by atoms with Crippen LogP contribution in [0.15, 0.2) is 48.5 Å². The van der Waals surface area contributed by atoms with Crippen LogP contribution in [-0.2, 0) is 14.3 Å². The van der Waals surface area contributed by atoms with Crippen LogP contribution in [0, 0.1) is 17.8 Å². The second kappa shape index (κ2) is 11.9. The van der Waals surface area contributed by atoms with Gasteiger partial charge in [-0.2, -0.15) is 0 Å². The Hall–Kier alpha value is -3.35. The molecule has 0 bridgehead atoms. The highest BCUT2D eigenvalue weighted by Crippen LogP contribution is 2.44. The summed E-state index contributed by atoms with van der Waals surface area (Å²) in [5.41, 5.74) is 4.60. The van der Waals surface area contributed by atoms with Gasteiger partial charge >= 0.3 is 12.1 Å². The van der Waals surface area contributed by atoms with Crippen molar-refractivity contribution in [2.24, 2.45) is 17.8 Å². The summed E-state index contributed by atoms with van der Waals surface area (Å²) in [7, 11) is 0. The number of rotatable bonds is 11. The molecule has 2 amide bonds. The number of carbonyl (C=O) groups is 3. The normalized spacial score (nSPS) is 14.1. The van der Waals surface area contributed by atoms with E-state index in [9.17, 15) is 19.5 Å². The van der Waals surface area contributed by atoms with Gasteiger partial charge in [0.2, 0.25) is 5.91 Å². The molecule has 188 valence electrons. The van der Waals surface area contributed by atoms with Gasteiger partial charge < -0.3 is 20.1 Å². The number of aliphatic carboxylic acids is 1. The van der Waals surface area contributed by atoms with Crippen molar-refractivity contribution < 1.29 is 24.2 Å². The minimum atomic E-state index is -0.937. The third-order valence-electron chi connectivity index (χ3n) is 6.55. The third-order valence-corrected chi connectivity index (χ3v) is 6.55. The van der Waals surface area contributed by atoms with Crippen LogP contribution in [0.3, 0.4) is 0 Å². The molecule has 35 heavy (non-hydrogen) atoms. The van der Waals surface area contributed by atoms with Crippen molar-refractivity contribution in [3.63, 3.8) is 0 Å². The summed E-state index contributed by atoms with van der Waals surface area (Å²) in [5.74, 6) is -1.98. The topological polar surface area (TPSA) is 95.9 Å². The maximum absolute atomic E-state index is 13.2. The van der Waals surface area contributed by atoms with E-state index in [-0.39, 0.29) is 37.4 Å². The summed E-state index contributed by atoms with van der Waals surface area (Å²) < 4.78 is 5.60. The van der Waals surface area contributed by atoms with Crippen molar-refractivity contribution >= 4 is 18.0 Å². The highest BCUT2D eigenvalue weighted by molar-refractivity contribution is 5.81. The molecule has 1 aliphatic carbocycles. The van der Waals surface area contributed by atoms with Gasteiger partial charge in [-0.3, -0.25) is 9.59 Å². The van der Waals surface area contributed by atoms with Crippen LogP contribution in [0.1, 0.15) is 51.2 Å². The summed E-state index contributed by atoms with van der Waals surface area (Å²) in [6.45, 7) is 8.36. The summed E-state index contributed by atoms with van der Waals surface area (Å²) in [4.78, 5) is 38.6. The first-order valence-corrected chi connectivity index (χ1v) is 12.3. The predicted molar refractivity (Wildman–Crippen MR) is 135 cm³/mol. The molecule has 1 aliphatic rings. The van der Waals surface area contributed by atoms with Gasteiger partial charge in [0, 0.05) is 25.6 Å². The molecular formula is C28H36N2O5. The van der Waals surface area contributed by atoms with E-state index in [2.05, 4.69) is 29.6 Å². The van der Waals surface area contributed by atoms with Crippen LogP contribution in [0.25, 0.3) is 11.1 Å². The molecular weight excluding hydrogens is 444 g/mol. The highest BCUT2D eigenvalue weighted by atomic mass is 16.5. The minimum absolute atomic E-state index is 0.0330. The van der Waals surface area contributed by atoms with E-state index >= 15 is 0 Å². The molecule has 7 heteroatoms. The first-order valence-electron chi connectivity index (χ1n) is 12.3. The fourth-order valence-corrected chi connectivity index (χ4v) is 4.74. The number of carbonyl (C=O) groups excluding carboxylic acids is 2. The second-order valence-electron chi connectivity index (χ2n) is 9.65. The van der Waals surface area contributed by atoms with E-state index < -0.39 is 23.9 Å². The van der Waals surface area contributed by atoms with Crippen molar-refractivity contribution in [1.82, 2.24) is 10.2 Å². The van der Waals surface area contributed by atoms with Gasteiger partial charge in [0.05, 0.1) is 11.8 Å². The molecule has 0 spiro atoms. The van der Waals surface area contributed by atoms with E-state index in [4.69, 9.17) is 4.74 Å². The zero-order chi connectivity index (χ0) is 25.5. The first-order chi connectivity index (χ1) is 16.7. The monoisotopic (exact) mass is 480 g/mol. The van der Waals surface area contributed by atoms with Crippen molar-refractivity contribution in [2.75, 3.05) is 26.2 Å². The van der Waals surface area contributed by atoms with Gasteiger partial charge in [-0.15, -0.1) is 0 Å². The lowest BCUT2D eigenvalue weighted by Gasteiger charge is -2.28. The molecule has 2 unspecified atom stereocenters. The maximum Gasteiger partial charge on any atom is 0.407 e. The number of carboxylic acid groups (broad SMARTS) is 1. The smallest absolute Gasteiger partial charge is 0.407 e. The predicted octanol–water partition coefficient (Wildman–Crippen LogP) is 4.76. The summed E-state index contributed by atoms with van der Waals surface area (Å²) in [5, 5.41) is 12.0. The lowest BCUT2D eigenvalue weighted by Crippen LogP contribution is -2.44. The number of amides is 2. The number of benzene rings is 2. The average Bonchev–Trinajstić information content (AvgIpc) is 3.16. The van der Waals surface area contributed by atoms with E-state index in [1.54, 1.807) is 11.8 Å². The minimum Gasteiger partial charge on any atom is -0.481 e. The lowest BCUT2D eigenvalue weighted by atomic mass is 9.95. The Bertz CT molecular complexity index is 1010. The number of hydrogen-bond acceptors (Lipinski definition) is 4. The molecule has 0 aliphatic heterocycles. The van der Waals surface area contributed by atoms with Gasteiger partial charge in [-0.05, 0) is 41.5 Å². The largest absolute Gasteiger partial charge is 0.481 e. The molecule has 0 saturated heterocycles. The molecule has 0 heterocycles. The van der Waals surface area contributed by atoms with E-state index in [1.165, 1.54) is 0 Å². The average molecular weight is 481 g/mol. The Kier molecular flexibility index (Phi) is 8.90. The zero-order valence-electron chi connectivity index (χ0n) is 21.0. The fraction of sp³-hybridized carbons (Fsp3) is 0.464. The number of nitrogens with zero attached hydrogens (tertiary/aromatic N) is 1. The van der Waals surface area contributed by atoms with Crippen LogP contribution in [-0.4, -0.2) is 54.2 Å². The lowest BCUT2D eigenvalue weighted by molar-refractivity contribution is -0.144. The number of fused-ring (bicyclic) bond motifs is 3. The summed E-state index contributed by atoms with van der Waals surface area (Å²) in [6, 6.07) is 16.3. The van der Waals surface area contributed by atoms with Crippen LogP contribution in [0.5, 0.6) is 0 Å². The maximum atomic E-state index is 13.2. The van der Waals surface area contributed by atoms with Crippen molar-refractivity contribution in [3.8, 4) is 11.1 Å². The van der Waals surface area contributed by atoms with Crippen LogP contribution < -0.4 is 5.32 Å². The number of carboxylic acids is 1. The molecule has 2 aromatic carbocycles. The summed E-state index contributed by atoms with van der Waals surface area (Å²) >= 11 is 0. The molecule has 7 nitrogen and oxygen atoms in total. The third kappa shape index (κ3) is 6.41. The molecule has 2 atom stereocenters. The number of ether oxygens (including phenoxy) is 1. The van der Waals surface area contributed by atoms with E-state index in [1.807, 2.05) is 45.0 Å². The van der Waals surface area contributed by atoms with E-state index in [0.29, 0.717) is 13.0 Å². The van der Waals surface area contributed by atoms with Crippen molar-refractivity contribution in [3.05, 3.63) is 59.7 Å². The molecule has 0 fully saturated rings. The van der Waals surface area contributed by atoms with E-state index in [0.717, 1.165) is 22.3 Å². The van der Waals surface area contributed by atoms with Gasteiger partial charge in [0.25, 0.3) is 0 Å². The summed E-state index contributed by atoms with van der Waals surface area (Å²) in [6.07, 6.45) is 0.0239. The highest BCUT2D eigenvalue weighted by Gasteiger charge is 2.30. The Morgan fingerprint density at radius 2 is 1.57 bits per heavy atom. The van der Waals surface area contributed by atoms with Crippen molar-refractivity contribution in [2.45, 2.75) is 40.0 Å². The molecule has 3 rings (SSSR count). The Labute approximate surface area is 207 Å². The molecule has 2 N–H and O–H groups in total. The number of nitrogens with one attached hydrogen (secondary N) is 1. The zero-order valence-corrected chi connectivity index (χ0v) is 21.0. The molecule has 0 aromatic heterocycles. The van der Waals surface area contributed by atoms with Crippen LogP contribution in [0.2, 0.25) is 0 Å². The Morgan fingerprint density at radius 3 is 2.09 bits per heavy atom. The Balaban J connectivity index is 1.61. The van der Waals surface area contributed by atoms with Crippen LogP contribution >= 0.6 is 0 Å². The quantitative estimate of drug-likeness (QED) is 0.484. The molecule has 0 saturated carbocycles. The second-order valence-corrected chi connectivity index (χ2v) is 9.65. The van der Waals surface area contributed by atoms with Crippen molar-refractivity contribution in [1.29, 1.82) is 0 Å². The Morgan fingerprint density at radius 1 is 1.00 bits per heavy atom. The number of hydrogen-bond donors (Lipinski definition) is 2. The fourth-order valence-electron chi connectivity index (χ4n) is 4.74. The SMILES string of the molecule is CCN(CC(C)C(=O)O)C(=O)C(CNC(=O)OCC1c2ccccc2-c2ccccc21)CC(C)C. The van der Waals surface area contributed by atoms with Gasteiger partial charge in [0.1, 0.15) is 6.61 Å².